The number of para-hydroxylation sites is 1. The Hall–Kier alpha value is -4.95. The third kappa shape index (κ3) is 4.93. The summed E-state index contributed by atoms with van der Waals surface area (Å²) in [6, 6.07) is 28.9. The van der Waals surface area contributed by atoms with Crippen LogP contribution >= 0.6 is 11.3 Å². The average molecular weight is 588 g/mol. The zero-order valence-corrected chi connectivity index (χ0v) is 24.3. The lowest BCUT2D eigenvalue weighted by molar-refractivity contribution is -0.116. The fraction of sp³-hybridized carbons (Fsp3) is 0.171. The fourth-order valence-corrected chi connectivity index (χ4v) is 7.08. The number of rotatable bonds is 7. The summed E-state index contributed by atoms with van der Waals surface area (Å²) in [4.78, 5) is 27.3. The Morgan fingerprint density at radius 3 is 2.51 bits per heavy atom. The summed E-state index contributed by atoms with van der Waals surface area (Å²) in [5, 5.41) is 20.4. The van der Waals surface area contributed by atoms with Gasteiger partial charge in [-0.1, -0.05) is 60.7 Å². The quantitative estimate of drug-likeness (QED) is 0.205. The van der Waals surface area contributed by atoms with Crippen LogP contribution in [-0.2, 0) is 11.4 Å². The first-order chi connectivity index (χ1) is 21.0. The third-order valence-electron chi connectivity index (χ3n) is 8.23. The second-order valence-corrected chi connectivity index (χ2v) is 11.9. The molecule has 0 amide bonds. The number of benzene rings is 3. The molecule has 3 aromatic carbocycles. The highest BCUT2D eigenvalue weighted by Crippen LogP contribution is 2.50. The summed E-state index contributed by atoms with van der Waals surface area (Å²) in [6.07, 6.45) is 1.13. The molecule has 0 bridgehead atoms. The van der Waals surface area contributed by atoms with E-state index in [0.29, 0.717) is 31.0 Å². The minimum Gasteiger partial charge on any atom is -0.489 e. The number of aromatic nitrogens is 2. The number of hydrogen-bond acceptors (Lipinski definition) is 6. The normalized spacial score (nSPS) is 17.7. The number of carbonyl (C=O) groups excluding carboxylic acids is 1. The number of Topliss-reactive ketones (excluding diaryl/α,β-unsaturated/α-hetero) is 1. The van der Waals surface area contributed by atoms with Gasteiger partial charge < -0.3 is 15.2 Å². The number of nitrogens with zero attached hydrogens (tertiary/aromatic N) is 2. The summed E-state index contributed by atoms with van der Waals surface area (Å²) in [5.74, 6) is 0.257. The number of thiophene rings is 1. The number of aryl methyl sites for hydroxylation is 1. The molecule has 214 valence electrons. The summed E-state index contributed by atoms with van der Waals surface area (Å²) >= 11 is 1.67. The molecular formula is C35H29N3O4S. The van der Waals surface area contributed by atoms with Crippen molar-refractivity contribution >= 4 is 28.9 Å². The largest absolute Gasteiger partial charge is 0.489 e. The molecule has 1 aliphatic carbocycles. The van der Waals surface area contributed by atoms with Crippen LogP contribution in [0, 0.1) is 6.92 Å². The maximum Gasteiger partial charge on any atom is 0.337 e. The van der Waals surface area contributed by atoms with Gasteiger partial charge in [0.05, 0.1) is 16.9 Å². The lowest BCUT2D eigenvalue weighted by Crippen LogP contribution is -2.30. The predicted octanol–water partition coefficient (Wildman–Crippen LogP) is 7.48. The second kappa shape index (κ2) is 11.0. The van der Waals surface area contributed by atoms with Gasteiger partial charge in [-0.3, -0.25) is 4.79 Å². The maximum absolute atomic E-state index is 14.0. The van der Waals surface area contributed by atoms with Crippen molar-refractivity contribution in [3.63, 3.8) is 0 Å². The highest BCUT2D eigenvalue weighted by molar-refractivity contribution is 7.10. The second-order valence-electron chi connectivity index (χ2n) is 10.9. The van der Waals surface area contributed by atoms with Crippen molar-refractivity contribution in [3.8, 4) is 11.4 Å². The first-order valence-corrected chi connectivity index (χ1v) is 15.1. The van der Waals surface area contributed by atoms with E-state index in [0.717, 1.165) is 39.4 Å². The molecule has 3 heterocycles. The molecule has 0 fully saturated rings. The third-order valence-corrected chi connectivity index (χ3v) is 9.27. The van der Waals surface area contributed by atoms with Crippen LogP contribution in [0.15, 0.2) is 108 Å². The molecule has 0 spiro atoms. The van der Waals surface area contributed by atoms with E-state index in [1.807, 2.05) is 73.0 Å². The molecule has 2 atom stereocenters. The Kier molecular flexibility index (Phi) is 6.91. The number of aromatic carboxylic acids is 1. The molecule has 1 aliphatic heterocycles. The molecule has 0 radical (unpaired) electrons. The fourth-order valence-electron chi connectivity index (χ4n) is 6.25. The number of hydrogen-bond donors (Lipinski definition) is 2. The van der Waals surface area contributed by atoms with E-state index < -0.39 is 5.97 Å². The number of nitrogens with one attached hydrogen (secondary N) is 1. The van der Waals surface area contributed by atoms with Crippen LogP contribution in [0.5, 0.6) is 5.75 Å². The summed E-state index contributed by atoms with van der Waals surface area (Å²) in [6.45, 7) is 2.38. The van der Waals surface area contributed by atoms with Crippen molar-refractivity contribution in [1.29, 1.82) is 0 Å². The molecule has 7 nitrogen and oxygen atoms in total. The van der Waals surface area contributed by atoms with Crippen molar-refractivity contribution < 1.29 is 19.4 Å². The van der Waals surface area contributed by atoms with Gasteiger partial charge in [0.25, 0.3) is 0 Å². The Labute approximate surface area is 253 Å². The zero-order chi connectivity index (χ0) is 29.5. The van der Waals surface area contributed by atoms with Crippen LogP contribution in [0.25, 0.3) is 5.69 Å². The van der Waals surface area contributed by atoms with Gasteiger partial charge in [0, 0.05) is 40.0 Å². The highest BCUT2D eigenvalue weighted by Gasteiger charge is 2.41. The van der Waals surface area contributed by atoms with E-state index in [1.54, 1.807) is 40.3 Å². The number of anilines is 1. The topological polar surface area (TPSA) is 93.5 Å². The van der Waals surface area contributed by atoms with Crippen LogP contribution in [0.3, 0.4) is 0 Å². The van der Waals surface area contributed by atoms with E-state index in [2.05, 4.69) is 11.4 Å². The van der Waals surface area contributed by atoms with Gasteiger partial charge in [-0.15, -0.1) is 11.3 Å². The van der Waals surface area contributed by atoms with Gasteiger partial charge in [-0.05, 0) is 60.2 Å². The molecule has 0 unspecified atom stereocenters. The Morgan fingerprint density at radius 2 is 1.77 bits per heavy atom. The SMILES string of the molecule is Cc1nn(-c2ccccc2C(=O)O)c2c1[C@H](c1ccc(OCc3ccccc3)cc1)C1=C(C[C@@H](c3cccs3)CC1=O)N2. The molecule has 2 aliphatic rings. The minimum absolute atomic E-state index is 0.0819. The number of carboxylic acids is 1. The molecule has 8 heteroatoms. The van der Waals surface area contributed by atoms with Crippen LogP contribution in [0.2, 0.25) is 0 Å². The summed E-state index contributed by atoms with van der Waals surface area (Å²) in [7, 11) is 0. The number of ketones is 1. The first kappa shape index (κ1) is 26.9. The van der Waals surface area contributed by atoms with E-state index in [9.17, 15) is 14.7 Å². The van der Waals surface area contributed by atoms with E-state index in [4.69, 9.17) is 9.84 Å². The molecule has 43 heavy (non-hydrogen) atoms. The number of fused-ring (bicyclic) bond motifs is 1. The lowest BCUT2D eigenvalue weighted by Gasteiger charge is -2.35. The summed E-state index contributed by atoms with van der Waals surface area (Å²) < 4.78 is 7.73. The van der Waals surface area contributed by atoms with E-state index >= 15 is 0 Å². The van der Waals surface area contributed by atoms with Crippen molar-refractivity contribution in [2.75, 3.05) is 5.32 Å². The van der Waals surface area contributed by atoms with Crippen LogP contribution < -0.4 is 10.1 Å². The molecule has 2 aromatic heterocycles. The number of ether oxygens (including phenoxy) is 1. The average Bonchev–Trinajstić information content (AvgIpc) is 3.68. The lowest BCUT2D eigenvalue weighted by atomic mass is 9.73. The van der Waals surface area contributed by atoms with Gasteiger partial charge in [-0.2, -0.15) is 5.10 Å². The predicted molar refractivity (Wildman–Crippen MR) is 166 cm³/mol. The van der Waals surface area contributed by atoms with Gasteiger partial charge in [0.1, 0.15) is 18.2 Å². The van der Waals surface area contributed by atoms with Crippen molar-refractivity contribution in [1.82, 2.24) is 9.78 Å². The summed E-state index contributed by atoms with van der Waals surface area (Å²) in [5.41, 5.74) is 5.90. The van der Waals surface area contributed by atoms with Gasteiger partial charge in [0.2, 0.25) is 0 Å². The number of allylic oxidation sites excluding steroid dienone is 2. The van der Waals surface area contributed by atoms with Crippen molar-refractivity contribution in [2.24, 2.45) is 0 Å². The maximum atomic E-state index is 14.0. The highest BCUT2D eigenvalue weighted by atomic mass is 32.1. The Bertz CT molecular complexity index is 1860. The standard InChI is InChI=1S/C35H29N3O4S/c1-21-31-32(23-13-15-25(16-14-23)42-20-22-8-3-2-4-9-22)33-27(18-24(19-29(33)39)30-12-7-17-43-30)36-34(31)38(37-21)28-11-6-5-10-26(28)35(40)41/h2-17,24,32,36H,18-20H2,1H3,(H,40,41)/t24-,32+/m1/s1. The number of carboxylic acid groups (broad SMARTS) is 1. The van der Waals surface area contributed by atoms with E-state index in [-0.39, 0.29) is 23.2 Å². The molecular weight excluding hydrogens is 558 g/mol. The van der Waals surface area contributed by atoms with E-state index in [1.165, 1.54) is 4.88 Å². The van der Waals surface area contributed by atoms with Crippen LogP contribution in [0.4, 0.5) is 5.82 Å². The minimum atomic E-state index is -1.03. The molecule has 5 aromatic rings. The molecule has 2 N–H and O–H groups in total. The number of carbonyl (C=O) groups is 2. The van der Waals surface area contributed by atoms with Crippen LogP contribution in [-0.4, -0.2) is 26.6 Å². The zero-order valence-electron chi connectivity index (χ0n) is 23.5. The van der Waals surface area contributed by atoms with Crippen molar-refractivity contribution in [3.05, 3.63) is 140 Å². The molecule has 7 rings (SSSR count). The van der Waals surface area contributed by atoms with Gasteiger partial charge in [-0.25, -0.2) is 9.48 Å². The van der Waals surface area contributed by atoms with Crippen LogP contribution in [0.1, 0.15) is 62.3 Å². The van der Waals surface area contributed by atoms with Gasteiger partial charge in [0.15, 0.2) is 5.78 Å². The molecule has 0 saturated carbocycles. The first-order valence-electron chi connectivity index (χ1n) is 14.2. The van der Waals surface area contributed by atoms with Crippen molar-refractivity contribution in [2.45, 2.75) is 38.2 Å². The molecule has 0 saturated heterocycles. The Balaban J connectivity index is 1.32. The van der Waals surface area contributed by atoms with Gasteiger partial charge >= 0.3 is 5.97 Å². The monoisotopic (exact) mass is 587 g/mol. The smallest absolute Gasteiger partial charge is 0.337 e. The Morgan fingerprint density at radius 1 is 1.00 bits per heavy atom.